The molecular weight excluding hydrogens is 964 g/mol. The Balaban J connectivity index is 0.000000171. The van der Waals surface area contributed by atoms with E-state index in [9.17, 15) is 40.6 Å². The quantitative estimate of drug-likeness (QED) is 0.111. The van der Waals surface area contributed by atoms with Gasteiger partial charge in [0.05, 0.1) is 48.3 Å². The molecule has 0 fully saturated rings. The van der Waals surface area contributed by atoms with E-state index in [-0.39, 0.29) is 85.5 Å². The van der Waals surface area contributed by atoms with E-state index in [2.05, 4.69) is 15.0 Å². The topological polar surface area (TPSA) is 220 Å². The molecule has 9 aromatic rings. The number of pyridine rings is 3. The van der Waals surface area contributed by atoms with Crippen LogP contribution >= 0.6 is 0 Å². The molecule has 9 rings (SSSR count). The Morgan fingerprint density at radius 3 is 0.829 bits per heavy atom. The average molecular weight is 1010 g/mol. The minimum absolute atomic E-state index is 0. The Morgan fingerprint density at radius 1 is 0.357 bits per heavy atom. The SMILES string of the molecule is CCN(c1ccccc1)S(=O)(=O)c1ccc([O-])c2ncccc12.CCN(c1ccccc1)S(=O)(=O)c1ccc([O-])c2ncccc12.CCN(c1ccccc1)S(=O)(=O)c1ccc([O-])c2ncccc12.[Al+3]. The second-order valence-corrected chi connectivity index (χ2v) is 20.4. The summed E-state index contributed by atoms with van der Waals surface area (Å²) in [6, 6.07) is 44.1. The molecule has 3 aromatic heterocycles. The maximum Gasteiger partial charge on any atom is 3.00 e. The van der Waals surface area contributed by atoms with Crippen LogP contribution in [0.4, 0.5) is 17.1 Å². The van der Waals surface area contributed by atoms with Crippen LogP contribution in [-0.4, -0.2) is 77.2 Å². The molecule has 3 heterocycles. The molecule has 19 heteroatoms. The van der Waals surface area contributed by atoms with E-state index in [1.165, 1.54) is 67.9 Å². The number of benzene rings is 6. The molecule has 0 amide bonds. The fourth-order valence-electron chi connectivity index (χ4n) is 7.65. The monoisotopic (exact) mass is 1010 g/mol. The predicted molar refractivity (Wildman–Crippen MR) is 269 cm³/mol. The van der Waals surface area contributed by atoms with Gasteiger partial charge in [0.2, 0.25) is 0 Å². The molecule has 0 radical (unpaired) electrons. The van der Waals surface area contributed by atoms with Crippen molar-refractivity contribution in [2.75, 3.05) is 32.5 Å². The van der Waals surface area contributed by atoms with Gasteiger partial charge in [-0.25, -0.2) is 25.3 Å². The van der Waals surface area contributed by atoms with Crippen LogP contribution in [0.1, 0.15) is 20.8 Å². The Hall–Kier alpha value is -7.27. The predicted octanol–water partition coefficient (Wildman–Crippen LogP) is 7.19. The Bertz CT molecular complexity index is 3210. The zero-order valence-electron chi connectivity index (χ0n) is 38.1. The third-order valence-electron chi connectivity index (χ3n) is 10.8. The molecule has 0 spiro atoms. The third kappa shape index (κ3) is 10.6. The van der Waals surface area contributed by atoms with Gasteiger partial charge >= 0.3 is 17.4 Å². The van der Waals surface area contributed by atoms with E-state index in [4.69, 9.17) is 0 Å². The summed E-state index contributed by atoms with van der Waals surface area (Å²) in [4.78, 5) is 12.3. The van der Waals surface area contributed by atoms with E-state index in [1.807, 2.05) is 18.2 Å². The Labute approximate surface area is 417 Å². The van der Waals surface area contributed by atoms with Gasteiger partial charge in [0, 0.05) is 54.4 Å². The molecule has 0 N–H and O–H groups in total. The summed E-state index contributed by atoms with van der Waals surface area (Å²) in [6.45, 7) is 6.17. The van der Waals surface area contributed by atoms with Crippen LogP contribution in [0.15, 0.2) is 197 Å². The summed E-state index contributed by atoms with van der Waals surface area (Å²) in [5.41, 5.74) is 2.24. The molecule has 0 saturated carbocycles. The minimum Gasteiger partial charge on any atom is -0.871 e. The van der Waals surface area contributed by atoms with Crippen molar-refractivity contribution >= 4 is 97.2 Å². The van der Waals surface area contributed by atoms with Crippen molar-refractivity contribution in [3.63, 3.8) is 0 Å². The molecule has 0 aliphatic rings. The van der Waals surface area contributed by atoms with Gasteiger partial charge in [-0.1, -0.05) is 90.0 Å². The van der Waals surface area contributed by atoms with Crippen LogP contribution in [0.25, 0.3) is 32.7 Å². The standard InChI is InChI=1S/3C17H16N2O3S.Al/c3*1-2-19(13-7-4-3-5-8-13)23(21,22)16-11-10-15(20)17-14(16)9-6-12-18-17;/h3*3-12,20H,2H2,1H3;/q;;;+3/p-3. The van der Waals surface area contributed by atoms with Gasteiger partial charge in [0.25, 0.3) is 30.1 Å². The number of sulfonamides is 3. The third-order valence-corrected chi connectivity index (χ3v) is 16.7. The minimum atomic E-state index is -3.79. The molecule has 6 aromatic carbocycles. The molecule has 0 saturated heterocycles. The molecule has 15 nitrogen and oxygen atoms in total. The van der Waals surface area contributed by atoms with Gasteiger partial charge < -0.3 is 15.3 Å². The normalized spacial score (nSPS) is 11.4. The summed E-state index contributed by atoms with van der Waals surface area (Å²) in [5.74, 6) is -0.869. The Kier molecular flexibility index (Phi) is 16.7. The van der Waals surface area contributed by atoms with Gasteiger partial charge in [-0.2, -0.15) is 0 Å². The second-order valence-electron chi connectivity index (χ2n) is 14.9. The zero-order chi connectivity index (χ0) is 49.3. The molecule has 0 bridgehead atoms. The average Bonchev–Trinajstić information content (AvgIpc) is 3.36. The van der Waals surface area contributed by atoms with Crippen molar-refractivity contribution in [2.24, 2.45) is 0 Å². The van der Waals surface area contributed by atoms with Gasteiger partial charge in [0.15, 0.2) is 0 Å². The number of hydrogen-bond acceptors (Lipinski definition) is 12. The van der Waals surface area contributed by atoms with Crippen molar-refractivity contribution in [1.29, 1.82) is 0 Å². The summed E-state index contributed by atoms with van der Waals surface area (Å²) < 4.78 is 82.5. The molecule has 0 atom stereocenters. The summed E-state index contributed by atoms with van der Waals surface area (Å²) in [7, 11) is -11.4. The van der Waals surface area contributed by atoms with Gasteiger partial charge in [0.1, 0.15) is 0 Å². The number of aromatic nitrogens is 3. The number of hydrogen-bond donors (Lipinski definition) is 0. The first-order valence-electron chi connectivity index (χ1n) is 21.5. The van der Waals surface area contributed by atoms with E-state index >= 15 is 0 Å². The molecule has 354 valence electrons. The molecule has 0 unspecified atom stereocenters. The van der Waals surface area contributed by atoms with Crippen LogP contribution < -0.4 is 28.2 Å². The van der Waals surface area contributed by atoms with Crippen LogP contribution in [0.2, 0.25) is 0 Å². The Morgan fingerprint density at radius 2 is 0.600 bits per heavy atom. The van der Waals surface area contributed by atoms with E-state index in [1.54, 1.807) is 130 Å². The van der Waals surface area contributed by atoms with Crippen molar-refractivity contribution < 1.29 is 40.6 Å². The first-order chi connectivity index (χ1) is 33.2. The van der Waals surface area contributed by atoms with Crippen LogP contribution in [-0.2, 0) is 30.1 Å². The van der Waals surface area contributed by atoms with Crippen molar-refractivity contribution in [3.8, 4) is 17.2 Å². The number of para-hydroxylation sites is 3. The van der Waals surface area contributed by atoms with Gasteiger partial charge in [-0.3, -0.25) is 27.9 Å². The van der Waals surface area contributed by atoms with Gasteiger partial charge in [-0.15, -0.1) is 0 Å². The van der Waals surface area contributed by atoms with Crippen molar-refractivity contribution in [1.82, 2.24) is 15.0 Å². The first-order valence-corrected chi connectivity index (χ1v) is 25.9. The molecule has 0 aliphatic heterocycles. The van der Waals surface area contributed by atoms with Crippen LogP contribution in [0.3, 0.4) is 0 Å². The largest absolute Gasteiger partial charge is 3.00 e. The maximum absolute atomic E-state index is 13.1. The molecule has 70 heavy (non-hydrogen) atoms. The van der Waals surface area contributed by atoms with Crippen LogP contribution in [0.5, 0.6) is 17.2 Å². The van der Waals surface area contributed by atoms with Gasteiger partial charge in [-0.05, 0) is 112 Å². The van der Waals surface area contributed by atoms with Crippen molar-refractivity contribution in [3.05, 3.63) is 182 Å². The second kappa shape index (κ2) is 22.4. The fraction of sp³-hybridized carbons (Fsp3) is 0.118. The zero-order valence-corrected chi connectivity index (χ0v) is 41.7. The van der Waals surface area contributed by atoms with E-state index in [0.29, 0.717) is 33.2 Å². The van der Waals surface area contributed by atoms with Crippen LogP contribution in [0, 0.1) is 0 Å². The summed E-state index contributed by atoms with van der Waals surface area (Å²) >= 11 is 0. The number of fused-ring (bicyclic) bond motifs is 3. The first kappa shape index (κ1) is 52.1. The van der Waals surface area contributed by atoms with E-state index in [0.717, 1.165) is 0 Å². The molecular formula is C51H45AlN6O9S3. The summed E-state index contributed by atoms with van der Waals surface area (Å²) in [6.07, 6.45) is 4.44. The van der Waals surface area contributed by atoms with Crippen molar-refractivity contribution in [2.45, 2.75) is 35.5 Å². The smallest absolute Gasteiger partial charge is 0.871 e. The summed E-state index contributed by atoms with van der Waals surface area (Å²) in [5, 5.41) is 36.7. The van der Waals surface area contributed by atoms with E-state index < -0.39 is 30.1 Å². The number of anilines is 3. The number of rotatable bonds is 12. The number of nitrogens with zero attached hydrogens (tertiary/aromatic N) is 6. The maximum atomic E-state index is 13.1. The fourth-order valence-corrected chi connectivity index (χ4v) is 12.6. The molecule has 0 aliphatic carbocycles.